The molecule has 0 aromatic carbocycles. The summed E-state index contributed by atoms with van der Waals surface area (Å²) in [5.74, 6) is -1.62. The van der Waals surface area contributed by atoms with Crippen LogP contribution in [-0.4, -0.2) is 22.2 Å². The highest BCUT2D eigenvalue weighted by Crippen LogP contribution is 2.32. The molecule has 0 aliphatic rings. The normalized spacial score (nSPS) is 13.5. The first kappa shape index (κ1) is 23.3. The Labute approximate surface area is 163 Å². The summed E-state index contributed by atoms with van der Waals surface area (Å²) in [5.41, 5.74) is 0.468. The highest BCUT2D eigenvalue weighted by atomic mass is 16.4. The minimum atomic E-state index is -1.30. The maximum absolute atomic E-state index is 11.8. The van der Waals surface area contributed by atoms with Gasteiger partial charge in [0, 0.05) is 12.0 Å². The fourth-order valence-corrected chi connectivity index (χ4v) is 3.71. The number of unbranched alkanes of at least 4 members (excludes halogenated alkanes) is 2. The van der Waals surface area contributed by atoms with Gasteiger partial charge in [0.2, 0.25) is 5.76 Å². The second-order valence-corrected chi connectivity index (χ2v) is 7.56. The molecule has 5 nitrogen and oxygen atoms in total. The number of carbonyl (C=O) groups is 2. The highest BCUT2D eigenvalue weighted by Gasteiger charge is 2.31. The lowest BCUT2D eigenvalue weighted by atomic mass is 9.87. The van der Waals surface area contributed by atoms with Crippen LogP contribution in [0.2, 0.25) is 0 Å². The number of carboxylic acid groups (broad SMARTS) is 2. The minimum absolute atomic E-state index is 0.141. The standard InChI is InChI=1S/C22H36O5/c1-5-9-11-15(7-3)13-17-18(14-16(8-4)12-10-6-2)27-20(22(25)26)19(17)21(23)24/h15-16H,5-14H2,1-4H3,(H,23,24)(H,25,26). The second kappa shape index (κ2) is 11.8. The Hall–Kier alpha value is -1.78. The van der Waals surface area contributed by atoms with Crippen LogP contribution in [0.5, 0.6) is 0 Å². The molecule has 154 valence electrons. The predicted octanol–water partition coefficient (Wildman–Crippen LogP) is 6.19. The quantitative estimate of drug-likeness (QED) is 0.401. The van der Waals surface area contributed by atoms with Crippen molar-refractivity contribution < 1.29 is 24.2 Å². The van der Waals surface area contributed by atoms with E-state index in [1.165, 1.54) is 0 Å². The Morgan fingerprint density at radius 3 is 1.78 bits per heavy atom. The number of hydrogen-bond donors (Lipinski definition) is 2. The minimum Gasteiger partial charge on any atom is -0.478 e. The number of hydrogen-bond acceptors (Lipinski definition) is 3. The topological polar surface area (TPSA) is 87.7 Å². The van der Waals surface area contributed by atoms with Gasteiger partial charge in [-0.1, -0.05) is 79.1 Å². The third kappa shape index (κ3) is 6.71. The van der Waals surface area contributed by atoms with Crippen LogP contribution in [-0.2, 0) is 12.8 Å². The van der Waals surface area contributed by atoms with Crippen molar-refractivity contribution in [2.45, 2.75) is 91.9 Å². The summed E-state index contributed by atoms with van der Waals surface area (Å²) < 4.78 is 5.65. The molecule has 27 heavy (non-hydrogen) atoms. The van der Waals surface area contributed by atoms with Crippen molar-refractivity contribution in [3.8, 4) is 0 Å². The summed E-state index contributed by atoms with van der Waals surface area (Å²) in [4.78, 5) is 23.4. The van der Waals surface area contributed by atoms with Gasteiger partial charge in [0.05, 0.1) is 0 Å². The number of rotatable bonds is 14. The molecule has 0 aliphatic carbocycles. The molecule has 1 rings (SSSR count). The molecule has 0 spiro atoms. The van der Waals surface area contributed by atoms with Crippen molar-refractivity contribution in [1.82, 2.24) is 0 Å². The van der Waals surface area contributed by atoms with Crippen LogP contribution >= 0.6 is 0 Å². The average molecular weight is 381 g/mol. The van der Waals surface area contributed by atoms with E-state index in [2.05, 4.69) is 27.7 Å². The van der Waals surface area contributed by atoms with E-state index in [0.717, 1.165) is 51.4 Å². The largest absolute Gasteiger partial charge is 0.478 e. The smallest absolute Gasteiger partial charge is 0.372 e. The van der Waals surface area contributed by atoms with E-state index in [0.29, 0.717) is 36.0 Å². The zero-order valence-electron chi connectivity index (χ0n) is 17.3. The van der Waals surface area contributed by atoms with E-state index in [-0.39, 0.29) is 5.56 Å². The molecule has 0 amide bonds. The van der Waals surface area contributed by atoms with Crippen molar-refractivity contribution in [1.29, 1.82) is 0 Å². The molecular formula is C22H36O5. The van der Waals surface area contributed by atoms with Crippen molar-refractivity contribution in [3.63, 3.8) is 0 Å². The summed E-state index contributed by atoms with van der Waals surface area (Å²) in [6.45, 7) is 8.51. The van der Waals surface area contributed by atoms with Crippen LogP contribution in [0.15, 0.2) is 4.42 Å². The molecule has 1 aromatic heterocycles. The van der Waals surface area contributed by atoms with Gasteiger partial charge in [-0.3, -0.25) is 0 Å². The van der Waals surface area contributed by atoms with Gasteiger partial charge in [-0.25, -0.2) is 9.59 Å². The number of carboxylic acids is 2. The summed E-state index contributed by atoms with van der Waals surface area (Å²) >= 11 is 0. The molecule has 2 atom stereocenters. The zero-order chi connectivity index (χ0) is 20.4. The SMILES string of the molecule is CCCCC(CC)Cc1oc(C(=O)O)c(C(=O)O)c1CC(CC)CCCC. The average Bonchev–Trinajstić information content (AvgIpc) is 3.00. The molecule has 0 radical (unpaired) electrons. The van der Waals surface area contributed by atoms with Crippen molar-refractivity contribution in [2.75, 3.05) is 0 Å². The van der Waals surface area contributed by atoms with Crippen LogP contribution in [0, 0.1) is 11.8 Å². The van der Waals surface area contributed by atoms with Crippen LogP contribution < -0.4 is 0 Å². The van der Waals surface area contributed by atoms with Crippen LogP contribution in [0.3, 0.4) is 0 Å². The van der Waals surface area contributed by atoms with Crippen LogP contribution in [0.25, 0.3) is 0 Å². The molecule has 2 unspecified atom stereocenters. The van der Waals surface area contributed by atoms with E-state index in [4.69, 9.17) is 4.42 Å². The Kier molecular flexibility index (Phi) is 10.2. The molecule has 0 saturated heterocycles. The van der Waals surface area contributed by atoms with Gasteiger partial charge < -0.3 is 14.6 Å². The predicted molar refractivity (Wildman–Crippen MR) is 107 cm³/mol. The van der Waals surface area contributed by atoms with E-state index in [1.807, 2.05) is 0 Å². The first-order chi connectivity index (χ1) is 12.9. The van der Waals surface area contributed by atoms with Gasteiger partial charge in [0.25, 0.3) is 0 Å². The van der Waals surface area contributed by atoms with Gasteiger partial charge >= 0.3 is 11.9 Å². The second-order valence-electron chi connectivity index (χ2n) is 7.56. The first-order valence-electron chi connectivity index (χ1n) is 10.5. The van der Waals surface area contributed by atoms with Crippen LogP contribution in [0.1, 0.15) is 111 Å². The van der Waals surface area contributed by atoms with Crippen molar-refractivity contribution in [2.24, 2.45) is 11.8 Å². The molecule has 0 fully saturated rings. The Morgan fingerprint density at radius 1 is 0.852 bits per heavy atom. The highest BCUT2D eigenvalue weighted by molar-refractivity contribution is 6.01. The molecule has 1 heterocycles. The Balaban J connectivity index is 3.27. The molecular weight excluding hydrogens is 344 g/mol. The maximum Gasteiger partial charge on any atom is 0.372 e. The first-order valence-corrected chi connectivity index (χ1v) is 10.5. The molecule has 0 saturated carbocycles. The van der Waals surface area contributed by atoms with Gasteiger partial charge in [-0.2, -0.15) is 0 Å². The fourth-order valence-electron chi connectivity index (χ4n) is 3.71. The Bertz CT molecular complexity index is 602. The molecule has 1 aromatic rings. The lowest BCUT2D eigenvalue weighted by Crippen LogP contribution is -2.12. The zero-order valence-corrected chi connectivity index (χ0v) is 17.3. The van der Waals surface area contributed by atoms with Gasteiger partial charge in [-0.05, 0) is 18.3 Å². The maximum atomic E-state index is 11.8. The molecule has 0 aliphatic heterocycles. The van der Waals surface area contributed by atoms with Crippen molar-refractivity contribution in [3.05, 3.63) is 22.6 Å². The van der Waals surface area contributed by atoms with Crippen LogP contribution in [0.4, 0.5) is 0 Å². The van der Waals surface area contributed by atoms with Gasteiger partial charge in [0.15, 0.2) is 0 Å². The lowest BCUT2D eigenvalue weighted by molar-refractivity contribution is 0.0624. The summed E-state index contributed by atoms with van der Waals surface area (Å²) in [7, 11) is 0. The third-order valence-corrected chi connectivity index (χ3v) is 5.55. The fraction of sp³-hybridized carbons (Fsp3) is 0.727. The summed E-state index contributed by atoms with van der Waals surface area (Å²) in [5, 5.41) is 19.1. The van der Waals surface area contributed by atoms with E-state index < -0.39 is 17.7 Å². The lowest BCUT2D eigenvalue weighted by Gasteiger charge is -2.17. The molecule has 5 heteroatoms. The van der Waals surface area contributed by atoms with E-state index >= 15 is 0 Å². The van der Waals surface area contributed by atoms with Gasteiger partial charge in [-0.15, -0.1) is 0 Å². The molecule has 0 bridgehead atoms. The van der Waals surface area contributed by atoms with E-state index in [1.54, 1.807) is 0 Å². The molecule has 2 N–H and O–H groups in total. The summed E-state index contributed by atoms with van der Waals surface area (Å²) in [6, 6.07) is 0. The number of furan rings is 1. The summed E-state index contributed by atoms with van der Waals surface area (Å²) in [6.07, 6.45) is 9.58. The third-order valence-electron chi connectivity index (χ3n) is 5.55. The van der Waals surface area contributed by atoms with E-state index in [9.17, 15) is 19.8 Å². The number of aromatic carboxylic acids is 2. The van der Waals surface area contributed by atoms with Gasteiger partial charge in [0.1, 0.15) is 11.3 Å². The van der Waals surface area contributed by atoms with Crippen molar-refractivity contribution >= 4 is 11.9 Å². The monoisotopic (exact) mass is 380 g/mol. The Morgan fingerprint density at radius 2 is 1.37 bits per heavy atom.